The number of carbonyl (C=O) groups excluding carboxylic acids is 1. The molecule has 0 aromatic heterocycles. The van der Waals surface area contributed by atoms with Gasteiger partial charge in [-0.2, -0.15) is 0 Å². The quantitative estimate of drug-likeness (QED) is 0.666. The van der Waals surface area contributed by atoms with Crippen molar-refractivity contribution in [3.8, 4) is 16.9 Å². The summed E-state index contributed by atoms with van der Waals surface area (Å²) in [4.78, 5) is 10.4. The number of benzene rings is 3. The Kier molecular flexibility index (Phi) is 4.85. The van der Waals surface area contributed by atoms with E-state index in [4.69, 9.17) is 4.74 Å². The molecule has 0 bridgehead atoms. The molecular weight excluding hydrogens is 284 g/mol. The molecule has 0 atom stereocenters. The molecule has 0 heterocycles. The lowest BCUT2D eigenvalue weighted by molar-refractivity contribution is 0.306. The van der Waals surface area contributed by atoms with Gasteiger partial charge in [0.05, 0.1) is 0 Å². The first-order valence-electron chi connectivity index (χ1n) is 7.57. The van der Waals surface area contributed by atoms with Crippen molar-refractivity contribution in [2.45, 2.75) is 13.0 Å². The second kappa shape index (κ2) is 7.41. The monoisotopic (exact) mass is 301 g/mol. The molecule has 2 nitrogen and oxygen atoms in total. The highest BCUT2D eigenvalue weighted by molar-refractivity contribution is 5.67. The van der Waals surface area contributed by atoms with E-state index >= 15 is 0 Å². The van der Waals surface area contributed by atoms with Crippen LogP contribution in [0.2, 0.25) is 0 Å². The van der Waals surface area contributed by atoms with Crippen molar-refractivity contribution in [3.63, 3.8) is 0 Å². The summed E-state index contributed by atoms with van der Waals surface area (Å²) < 4.78 is 5.89. The maximum atomic E-state index is 10.4. The summed E-state index contributed by atoms with van der Waals surface area (Å²) >= 11 is 0. The van der Waals surface area contributed by atoms with Gasteiger partial charge in [-0.3, -0.25) is 4.79 Å². The zero-order valence-corrected chi connectivity index (χ0v) is 12.7. The summed E-state index contributed by atoms with van der Waals surface area (Å²) in [5.74, 6) is 0.794. The molecule has 0 aliphatic carbocycles. The van der Waals surface area contributed by atoms with E-state index in [-0.39, 0.29) is 0 Å². The molecule has 0 N–H and O–H groups in total. The van der Waals surface area contributed by atoms with Crippen LogP contribution in [0.3, 0.4) is 0 Å². The minimum absolute atomic E-state index is 0.317. The molecule has 0 spiro atoms. The lowest BCUT2D eigenvalue weighted by atomic mass is 10.0. The van der Waals surface area contributed by atoms with Crippen LogP contribution in [0.25, 0.3) is 11.1 Å². The first kappa shape index (κ1) is 15.0. The molecular formula is C21H17O2. The van der Waals surface area contributed by atoms with E-state index in [2.05, 4.69) is 24.3 Å². The van der Waals surface area contributed by atoms with Gasteiger partial charge in [-0.25, -0.2) is 0 Å². The van der Waals surface area contributed by atoms with E-state index in [1.165, 1.54) is 11.1 Å². The van der Waals surface area contributed by atoms with Crippen molar-refractivity contribution < 1.29 is 9.53 Å². The fourth-order valence-electron chi connectivity index (χ4n) is 2.49. The summed E-state index contributed by atoms with van der Waals surface area (Å²) in [5, 5.41) is 0. The number of hydrogen-bond acceptors (Lipinski definition) is 2. The van der Waals surface area contributed by atoms with Crippen molar-refractivity contribution in [1.82, 2.24) is 0 Å². The third kappa shape index (κ3) is 3.86. The summed E-state index contributed by atoms with van der Waals surface area (Å²) in [6.07, 6.45) is 2.21. The summed E-state index contributed by atoms with van der Waals surface area (Å²) in [6, 6.07) is 26.1. The van der Waals surface area contributed by atoms with Crippen LogP contribution in [-0.4, -0.2) is 6.29 Å². The predicted molar refractivity (Wildman–Crippen MR) is 92.0 cm³/mol. The highest BCUT2D eigenvalue weighted by Gasteiger charge is 2.05. The van der Waals surface area contributed by atoms with Gasteiger partial charge >= 0.3 is 0 Å². The second-order valence-corrected chi connectivity index (χ2v) is 5.28. The molecule has 3 rings (SSSR count). The average Bonchev–Trinajstić information content (AvgIpc) is 2.62. The predicted octanol–water partition coefficient (Wildman–Crippen LogP) is 4.58. The number of hydrogen-bond donors (Lipinski definition) is 0. The van der Waals surface area contributed by atoms with E-state index in [0.29, 0.717) is 13.0 Å². The number of ether oxygens (including phenoxy) is 1. The average molecular weight is 301 g/mol. The van der Waals surface area contributed by atoms with Crippen LogP contribution in [0.15, 0.2) is 78.9 Å². The van der Waals surface area contributed by atoms with E-state index in [1.807, 2.05) is 60.9 Å². The molecule has 0 aliphatic heterocycles. The highest BCUT2D eigenvalue weighted by Crippen LogP contribution is 2.24. The van der Waals surface area contributed by atoms with E-state index in [9.17, 15) is 4.79 Å². The SMILES string of the molecule is O=[C]Cc1ccc(OCc2ccccc2-c2ccccc2)cc1. The Morgan fingerprint density at radius 1 is 0.783 bits per heavy atom. The van der Waals surface area contributed by atoms with Crippen molar-refractivity contribution >= 4 is 6.29 Å². The molecule has 1 radical (unpaired) electrons. The largest absolute Gasteiger partial charge is 0.489 e. The maximum absolute atomic E-state index is 10.4. The Bertz CT molecular complexity index is 761. The van der Waals surface area contributed by atoms with Crippen LogP contribution in [0.1, 0.15) is 11.1 Å². The van der Waals surface area contributed by atoms with E-state index < -0.39 is 0 Å². The number of rotatable bonds is 6. The van der Waals surface area contributed by atoms with Crippen LogP contribution in [0, 0.1) is 0 Å². The van der Waals surface area contributed by atoms with E-state index in [1.54, 1.807) is 0 Å². The normalized spacial score (nSPS) is 10.3. The van der Waals surface area contributed by atoms with Gasteiger partial charge in [0, 0.05) is 6.42 Å². The fourth-order valence-corrected chi connectivity index (χ4v) is 2.49. The second-order valence-electron chi connectivity index (χ2n) is 5.28. The Morgan fingerprint density at radius 3 is 2.22 bits per heavy atom. The van der Waals surface area contributed by atoms with Crippen molar-refractivity contribution in [3.05, 3.63) is 90.0 Å². The Morgan fingerprint density at radius 2 is 1.48 bits per heavy atom. The molecule has 2 heteroatoms. The molecule has 0 unspecified atom stereocenters. The lowest BCUT2D eigenvalue weighted by Gasteiger charge is -2.11. The van der Waals surface area contributed by atoms with Gasteiger partial charge < -0.3 is 4.74 Å². The van der Waals surface area contributed by atoms with Gasteiger partial charge in [0.25, 0.3) is 0 Å². The molecule has 0 aliphatic rings. The standard InChI is InChI=1S/C21H17O2/c22-15-14-17-10-12-20(13-11-17)23-16-19-8-4-5-9-21(19)18-6-2-1-3-7-18/h1-13H,14,16H2. The Labute approximate surface area is 136 Å². The summed E-state index contributed by atoms with van der Waals surface area (Å²) in [5.41, 5.74) is 4.45. The molecule has 3 aromatic rings. The zero-order valence-electron chi connectivity index (χ0n) is 12.7. The van der Waals surface area contributed by atoms with Gasteiger partial charge in [0.1, 0.15) is 12.4 Å². The molecule has 23 heavy (non-hydrogen) atoms. The van der Waals surface area contributed by atoms with Gasteiger partial charge in [0.2, 0.25) is 6.29 Å². The molecule has 113 valence electrons. The first-order chi connectivity index (χ1) is 11.4. The Balaban J connectivity index is 1.75. The van der Waals surface area contributed by atoms with Crippen LogP contribution in [0.5, 0.6) is 5.75 Å². The molecule has 0 saturated carbocycles. The smallest absolute Gasteiger partial charge is 0.203 e. The van der Waals surface area contributed by atoms with Gasteiger partial charge in [-0.05, 0) is 34.4 Å². The summed E-state index contributed by atoms with van der Waals surface area (Å²) in [6.45, 7) is 0.504. The first-order valence-corrected chi connectivity index (χ1v) is 7.57. The molecule has 3 aromatic carbocycles. The van der Waals surface area contributed by atoms with Crippen LogP contribution < -0.4 is 4.74 Å². The third-order valence-electron chi connectivity index (χ3n) is 3.70. The summed E-state index contributed by atoms with van der Waals surface area (Å²) in [7, 11) is 0. The van der Waals surface area contributed by atoms with Gasteiger partial charge in [-0.15, -0.1) is 0 Å². The minimum Gasteiger partial charge on any atom is -0.489 e. The van der Waals surface area contributed by atoms with Crippen molar-refractivity contribution in [2.75, 3.05) is 0 Å². The zero-order chi connectivity index (χ0) is 15.9. The lowest BCUT2D eigenvalue weighted by Crippen LogP contribution is -1.98. The topological polar surface area (TPSA) is 26.3 Å². The highest BCUT2D eigenvalue weighted by atomic mass is 16.5. The fraction of sp³-hybridized carbons (Fsp3) is 0.0952. The molecule has 0 amide bonds. The van der Waals surface area contributed by atoms with Crippen molar-refractivity contribution in [1.29, 1.82) is 0 Å². The Hall–Kier alpha value is -2.87. The maximum Gasteiger partial charge on any atom is 0.203 e. The van der Waals surface area contributed by atoms with Crippen molar-refractivity contribution in [2.24, 2.45) is 0 Å². The molecule has 0 saturated heterocycles. The van der Waals surface area contributed by atoms with Gasteiger partial charge in [-0.1, -0.05) is 66.7 Å². The van der Waals surface area contributed by atoms with Gasteiger partial charge in [0.15, 0.2) is 0 Å². The van der Waals surface area contributed by atoms with Crippen LogP contribution >= 0.6 is 0 Å². The van der Waals surface area contributed by atoms with Crippen LogP contribution in [-0.2, 0) is 17.8 Å². The minimum atomic E-state index is 0.317. The third-order valence-corrected chi connectivity index (χ3v) is 3.70. The van der Waals surface area contributed by atoms with E-state index in [0.717, 1.165) is 16.9 Å². The molecule has 0 fully saturated rings. The van der Waals surface area contributed by atoms with Crippen LogP contribution in [0.4, 0.5) is 0 Å².